The number of rotatable bonds is 1. The summed E-state index contributed by atoms with van der Waals surface area (Å²) in [5.41, 5.74) is 0. The van der Waals surface area contributed by atoms with Crippen LogP contribution in [-0.4, -0.2) is 6.10 Å². The third-order valence-electron chi connectivity index (χ3n) is 0.178. The summed E-state index contributed by atoms with van der Waals surface area (Å²) in [5.74, 6) is 0. The SMILES string of the molecule is CC(C)O[XeH]. The van der Waals surface area contributed by atoms with E-state index in [-0.39, 0.29) is 0 Å². The molecular weight excluding hydrogens is 183 g/mol. The van der Waals surface area contributed by atoms with E-state index in [2.05, 4.69) is 0 Å². The Morgan fingerprint density at radius 3 is 1.80 bits per heavy atom. The van der Waals surface area contributed by atoms with Gasteiger partial charge in [-0.05, 0) is 0 Å². The van der Waals surface area contributed by atoms with Gasteiger partial charge < -0.3 is 0 Å². The summed E-state index contributed by atoms with van der Waals surface area (Å²) in [6.45, 7) is 3.98. The van der Waals surface area contributed by atoms with E-state index in [1.165, 1.54) is 0 Å². The Hall–Kier alpha value is 1.53. The maximum absolute atomic E-state index is 4.72. The van der Waals surface area contributed by atoms with Crippen LogP contribution in [0.25, 0.3) is 0 Å². The monoisotopic (exact) mass is 192 g/mol. The molecule has 0 saturated carbocycles. The minimum absolute atomic E-state index is 0.371. The molecular formula is C3H8OXe. The molecule has 0 saturated heterocycles. The van der Waals surface area contributed by atoms with Crippen LogP contribution in [0, 0.1) is 47.2 Å². The summed E-state index contributed by atoms with van der Waals surface area (Å²) < 4.78 is 4.72. The van der Waals surface area contributed by atoms with Gasteiger partial charge in [-0.3, -0.25) is 0 Å². The van der Waals surface area contributed by atoms with Crippen molar-refractivity contribution in [1.29, 1.82) is 0 Å². The van der Waals surface area contributed by atoms with Crippen LogP contribution in [0.2, 0.25) is 0 Å². The van der Waals surface area contributed by atoms with Crippen molar-refractivity contribution in [1.82, 2.24) is 0 Å². The van der Waals surface area contributed by atoms with Crippen molar-refractivity contribution in [2.75, 3.05) is 0 Å². The molecule has 0 aromatic carbocycles. The number of hydrogen-bond donors (Lipinski definition) is 0. The first kappa shape index (κ1) is 6.53. The molecule has 0 spiro atoms. The van der Waals surface area contributed by atoms with Gasteiger partial charge in [-0.25, -0.2) is 0 Å². The first-order chi connectivity index (χ1) is 2.27. The second-order valence-corrected chi connectivity index (χ2v) is 1.65. The van der Waals surface area contributed by atoms with Gasteiger partial charge in [-0.2, -0.15) is 0 Å². The predicted octanol–water partition coefficient (Wildman–Crippen LogP) is 0.608. The fourth-order valence-corrected chi connectivity index (χ4v) is 0. The fourth-order valence-electron chi connectivity index (χ4n) is 0. The summed E-state index contributed by atoms with van der Waals surface area (Å²) in [7, 11) is 0. The fraction of sp³-hybridized carbons (Fsp3) is 1.00. The van der Waals surface area contributed by atoms with Gasteiger partial charge in [0.2, 0.25) is 0 Å². The zero-order valence-electron chi connectivity index (χ0n) is 3.36. The Morgan fingerprint density at radius 1 is 1.60 bits per heavy atom. The summed E-state index contributed by atoms with van der Waals surface area (Å²) in [6.07, 6.45) is 0.371. The van der Waals surface area contributed by atoms with Gasteiger partial charge in [0.25, 0.3) is 0 Å². The molecule has 0 atom stereocenters. The van der Waals surface area contributed by atoms with Crippen LogP contribution in [0.1, 0.15) is 13.8 Å². The molecule has 0 amide bonds. The third-order valence-corrected chi connectivity index (χ3v) is 1.20. The first-order valence-corrected chi connectivity index (χ1v) is 2.43. The summed E-state index contributed by atoms with van der Waals surface area (Å²) in [6, 6.07) is 0. The molecule has 0 N–H and O–H groups in total. The quantitative estimate of drug-likeness (QED) is 0.590. The van der Waals surface area contributed by atoms with E-state index in [0.29, 0.717) is 6.10 Å². The Bertz CT molecular complexity index is 20.9. The van der Waals surface area contributed by atoms with Crippen molar-refractivity contribution < 1.29 is 47.3 Å². The molecule has 1 nitrogen and oxygen atoms in total. The standard InChI is InChI=1S/C3H8OXe/c1-3(2)4-5/h3,5H,1-2H3. The molecule has 0 aromatic rings. The van der Waals surface area contributed by atoms with E-state index >= 15 is 0 Å². The van der Waals surface area contributed by atoms with Crippen molar-refractivity contribution in [3.8, 4) is 0 Å². The normalized spacial score (nSPS) is 9.80. The van der Waals surface area contributed by atoms with E-state index in [9.17, 15) is 0 Å². The topological polar surface area (TPSA) is 9.23 Å². The van der Waals surface area contributed by atoms with Crippen LogP contribution in [-0.2, 0) is 0.0568 Å². The van der Waals surface area contributed by atoms with E-state index in [0.717, 1.165) is 0 Å². The molecule has 0 aliphatic carbocycles. The van der Waals surface area contributed by atoms with Crippen LogP contribution >= 0.6 is 0 Å². The molecule has 5 heavy (non-hydrogen) atoms. The second kappa shape index (κ2) is 3.71. The summed E-state index contributed by atoms with van der Waals surface area (Å²) in [5, 5.41) is 0. The molecule has 34 valence electrons. The molecule has 0 aliphatic rings. The van der Waals surface area contributed by atoms with Gasteiger partial charge in [-0.1, -0.05) is 0 Å². The molecule has 2 heteroatoms. The van der Waals surface area contributed by atoms with Crippen molar-refractivity contribution >= 4 is 0 Å². The van der Waals surface area contributed by atoms with Gasteiger partial charge in [0.05, 0.1) is 0 Å². The summed E-state index contributed by atoms with van der Waals surface area (Å²) in [4.78, 5) is 0. The molecule has 0 aromatic heterocycles. The van der Waals surface area contributed by atoms with Crippen LogP contribution in [0.4, 0.5) is 0 Å². The molecule has 0 unspecified atom stereocenters. The van der Waals surface area contributed by atoms with E-state index in [4.69, 9.17) is 0.0568 Å². The predicted molar refractivity (Wildman–Crippen MR) is 17.6 cm³/mol. The average molecular weight is 191 g/mol. The zero-order chi connectivity index (χ0) is 4.28. The average Bonchev–Trinajstić information content (AvgIpc) is 1.38. The summed E-state index contributed by atoms with van der Waals surface area (Å²) >= 11 is 1.88. The van der Waals surface area contributed by atoms with Crippen molar-refractivity contribution in [2.24, 2.45) is 0 Å². The van der Waals surface area contributed by atoms with Gasteiger partial charge in [0, 0.05) is 0 Å². The molecule has 0 bridgehead atoms. The number of hydrogen-bond acceptors (Lipinski definition) is 1. The Labute approximate surface area is 66.1 Å². The zero-order valence-corrected chi connectivity index (χ0v) is 5.52. The molecule has 0 heterocycles. The molecule has 0 radical (unpaired) electrons. The third kappa shape index (κ3) is 5.53. The van der Waals surface area contributed by atoms with E-state index in [1.54, 1.807) is 0 Å². The van der Waals surface area contributed by atoms with E-state index < -0.39 is 0 Å². The van der Waals surface area contributed by atoms with Crippen LogP contribution in [0.3, 0.4) is 0 Å². The molecule has 0 fully saturated rings. The van der Waals surface area contributed by atoms with Crippen molar-refractivity contribution in [2.45, 2.75) is 20.0 Å². The van der Waals surface area contributed by atoms with Gasteiger partial charge in [0.1, 0.15) is 0 Å². The maximum atomic E-state index is 4.72. The minimum atomic E-state index is 0.371. The Morgan fingerprint density at radius 2 is 1.80 bits per heavy atom. The van der Waals surface area contributed by atoms with Crippen molar-refractivity contribution in [3.63, 3.8) is 0 Å². The Balaban J connectivity index is 2.54. The Kier molecular flexibility index (Phi) is 4.85. The van der Waals surface area contributed by atoms with Crippen LogP contribution in [0.15, 0.2) is 0 Å². The second-order valence-electron chi connectivity index (χ2n) is 1.14. The van der Waals surface area contributed by atoms with Gasteiger partial charge >= 0.3 is 67.2 Å². The first-order valence-electron chi connectivity index (χ1n) is 1.54. The van der Waals surface area contributed by atoms with E-state index in [1.807, 2.05) is 61.0 Å². The molecule has 0 rings (SSSR count). The van der Waals surface area contributed by atoms with Crippen LogP contribution < -0.4 is 0 Å². The van der Waals surface area contributed by atoms with Crippen molar-refractivity contribution in [3.05, 3.63) is 0 Å². The van der Waals surface area contributed by atoms with Crippen LogP contribution in [0.5, 0.6) is 0 Å². The van der Waals surface area contributed by atoms with Gasteiger partial charge in [-0.15, -0.1) is 0 Å². The van der Waals surface area contributed by atoms with Gasteiger partial charge in [0.15, 0.2) is 0 Å². The molecule has 0 aliphatic heterocycles.